The Morgan fingerprint density at radius 1 is 1.03 bits per heavy atom. The molecule has 2 aromatic carbocycles. The van der Waals surface area contributed by atoms with Gasteiger partial charge in [0.2, 0.25) is 5.91 Å². The molecule has 0 radical (unpaired) electrons. The van der Waals surface area contributed by atoms with E-state index in [4.69, 9.17) is 0 Å². The lowest BCUT2D eigenvalue weighted by Crippen LogP contribution is -2.49. The lowest BCUT2D eigenvalue weighted by atomic mass is 10.1. The predicted octanol–water partition coefficient (Wildman–Crippen LogP) is 2.97. The molecule has 10 heteroatoms. The highest BCUT2D eigenvalue weighted by Gasteiger charge is 2.22. The van der Waals surface area contributed by atoms with E-state index in [1.54, 1.807) is 24.3 Å². The molecular formula is C26H28FN5O4. The van der Waals surface area contributed by atoms with E-state index in [-0.39, 0.29) is 17.0 Å². The third kappa shape index (κ3) is 5.95. The molecule has 188 valence electrons. The number of hydrogen-bond acceptors (Lipinski definition) is 6. The number of carboxylic acid groups (broad SMARTS) is 1. The van der Waals surface area contributed by atoms with E-state index in [1.165, 1.54) is 24.3 Å². The second kappa shape index (κ2) is 11.1. The van der Waals surface area contributed by atoms with Gasteiger partial charge in [-0.1, -0.05) is 6.92 Å². The lowest BCUT2D eigenvalue weighted by Gasteiger charge is -2.35. The third-order valence-corrected chi connectivity index (χ3v) is 6.03. The van der Waals surface area contributed by atoms with Crippen LogP contribution in [-0.2, 0) is 4.79 Å². The van der Waals surface area contributed by atoms with Gasteiger partial charge in [-0.25, -0.2) is 14.2 Å². The number of nitrogens with zero attached hydrogens (tertiary/aromatic N) is 3. The number of pyridine rings is 1. The molecule has 0 saturated carbocycles. The Morgan fingerprint density at radius 3 is 2.42 bits per heavy atom. The van der Waals surface area contributed by atoms with Gasteiger partial charge in [-0.3, -0.25) is 14.5 Å². The van der Waals surface area contributed by atoms with E-state index >= 15 is 0 Å². The second-order valence-corrected chi connectivity index (χ2v) is 8.64. The summed E-state index contributed by atoms with van der Waals surface area (Å²) >= 11 is 0. The first-order valence-electron chi connectivity index (χ1n) is 11.8. The zero-order valence-electron chi connectivity index (χ0n) is 20.0. The standard InChI is InChI=1S/C26H28FN5O4/c1-2-9-28-24(33)16-31-10-12-32(13-11-31)23-15-21(26(35)36)20-14-19(7-8-22(20)30-23)29-25(34)17-3-5-18(27)6-4-17/h3-8,14-15H,2,9-13,16H2,1H3,(H,28,33)(H,29,34)(H,35,36). The number of anilines is 2. The average Bonchev–Trinajstić information content (AvgIpc) is 2.87. The number of carboxylic acids is 1. The lowest BCUT2D eigenvalue weighted by molar-refractivity contribution is -0.122. The molecule has 0 aliphatic carbocycles. The number of benzene rings is 2. The fraction of sp³-hybridized carbons (Fsp3) is 0.308. The Hall–Kier alpha value is -4.05. The normalized spacial score (nSPS) is 14.0. The Balaban J connectivity index is 1.49. The van der Waals surface area contributed by atoms with E-state index in [2.05, 4.69) is 20.5 Å². The molecule has 9 nitrogen and oxygen atoms in total. The van der Waals surface area contributed by atoms with E-state index in [9.17, 15) is 23.9 Å². The van der Waals surface area contributed by atoms with E-state index in [1.807, 2.05) is 11.8 Å². The summed E-state index contributed by atoms with van der Waals surface area (Å²) in [6, 6.07) is 11.6. The molecule has 36 heavy (non-hydrogen) atoms. The highest BCUT2D eigenvalue weighted by molar-refractivity contribution is 6.08. The summed E-state index contributed by atoms with van der Waals surface area (Å²) in [5, 5.41) is 15.9. The van der Waals surface area contributed by atoms with Gasteiger partial charge in [-0.05, 0) is 55.0 Å². The average molecular weight is 494 g/mol. The maximum atomic E-state index is 13.1. The van der Waals surface area contributed by atoms with Gasteiger partial charge in [0.05, 0.1) is 17.6 Å². The number of amides is 2. The fourth-order valence-electron chi connectivity index (χ4n) is 4.09. The first kappa shape index (κ1) is 25.1. The highest BCUT2D eigenvalue weighted by atomic mass is 19.1. The van der Waals surface area contributed by atoms with Crippen molar-refractivity contribution in [1.82, 2.24) is 15.2 Å². The van der Waals surface area contributed by atoms with Crippen molar-refractivity contribution in [2.24, 2.45) is 0 Å². The zero-order valence-corrected chi connectivity index (χ0v) is 20.0. The SMILES string of the molecule is CCCNC(=O)CN1CCN(c2cc(C(=O)O)c3cc(NC(=O)c4ccc(F)cc4)ccc3n2)CC1. The summed E-state index contributed by atoms with van der Waals surface area (Å²) in [6.07, 6.45) is 0.890. The predicted molar refractivity (Wildman–Crippen MR) is 135 cm³/mol. The van der Waals surface area contributed by atoms with Crippen LogP contribution in [0.4, 0.5) is 15.9 Å². The molecule has 3 aromatic rings. The molecule has 1 fully saturated rings. The quantitative estimate of drug-likeness (QED) is 0.442. The van der Waals surface area contributed by atoms with Crippen molar-refractivity contribution in [3.05, 3.63) is 65.5 Å². The monoisotopic (exact) mass is 493 g/mol. The smallest absolute Gasteiger partial charge is 0.336 e. The van der Waals surface area contributed by atoms with Gasteiger partial charge in [-0.2, -0.15) is 0 Å². The molecule has 3 N–H and O–H groups in total. The molecule has 1 saturated heterocycles. The minimum atomic E-state index is -1.10. The number of halogens is 1. The maximum absolute atomic E-state index is 13.1. The van der Waals surface area contributed by atoms with Gasteiger partial charge >= 0.3 is 5.97 Å². The van der Waals surface area contributed by atoms with Gasteiger partial charge in [0, 0.05) is 49.4 Å². The van der Waals surface area contributed by atoms with Crippen LogP contribution in [0.15, 0.2) is 48.5 Å². The second-order valence-electron chi connectivity index (χ2n) is 8.64. The van der Waals surface area contributed by atoms with Crippen LogP contribution in [0.3, 0.4) is 0 Å². The van der Waals surface area contributed by atoms with Crippen LogP contribution >= 0.6 is 0 Å². The maximum Gasteiger partial charge on any atom is 0.336 e. The van der Waals surface area contributed by atoms with Crippen LogP contribution in [0.1, 0.15) is 34.1 Å². The molecule has 2 heterocycles. The summed E-state index contributed by atoms with van der Waals surface area (Å²) < 4.78 is 13.1. The van der Waals surface area contributed by atoms with Crippen molar-refractivity contribution in [1.29, 1.82) is 0 Å². The molecule has 1 aliphatic rings. The van der Waals surface area contributed by atoms with Crippen LogP contribution in [0.5, 0.6) is 0 Å². The molecule has 0 bridgehead atoms. The Kier molecular flexibility index (Phi) is 7.74. The molecule has 1 aromatic heterocycles. The van der Waals surface area contributed by atoms with Gasteiger partial charge in [0.1, 0.15) is 11.6 Å². The van der Waals surface area contributed by atoms with E-state index in [0.29, 0.717) is 61.7 Å². The van der Waals surface area contributed by atoms with E-state index in [0.717, 1.165) is 6.42 Å². The number of fused-ring (bicyclic) bond motifs is 1. The molecule has 4 rings (SSSR count). The van der Waals surface area contributed by atoms with E-state index < -0.39 is 17.7 Å². The number of nitrogens with one attached hydrogen (secondary N) is 2. The first-order valence-corrected chi connectivity index (χ1v) is 11.8. The van der Waals surface area contributed by atoms with Crippen molar-refractivity contribution in [3.8, 4) is 0 Å². The van der Waals surface area contributed by atoms with Crippen molar-refractivity contribution < 1.29 is 23.9 Å². The van der Waals surface area contributed by atoms with Crippen LogP contribution in [-0.4, -0.2) is 72.0 Å². The van der Waals surface area contributed by atoms with Gasteiger partial charge in [-0.15, -0.1) is 0 Å². The summed E-state index contributed by atoms with van der Waals surface area (Å²) in [6.45, 7) is 5.56. The summed E-state index contributed by atoms with van der Waals surface area (Å²) in [5.74, 6) is -1.42. The number of carbonyl (C=O) groups excluding carboxylic acids is 2. The van der Waals surface area contributed by atoms with Gasteiger partial charge in [0.25, 0.3) is 5.91 Å². The number of aromatic nitrogens is 1. The number of carbonyl (C=O) groups is 3. The first-order chi connectivity index (χ1) is 17.3. The minimum absolute atomic E-state index is 0.00427. The van der Waals surface area contributed by atoms with Crippen molar-refractivity contribution in [3.63, 3.8) is 0 Å². The third-order valence-electron chi connectivity index (χ3n) is 6.03. The molecule has 2 amide bonds. The summed E-state index contributed by atoms with van der Waals surface area (Å²) in [4.78, 5) is 45.3. The largest absolute Gasteiger partial charge is 0.478 e. The number of aromatic carboxylic acids is 1. The molecule has 1 aliphatic heterocycles. The minimum Gasteiger partial charge on any atom is -0.478 e. The van der Waals surface area contributed by atoms with Crippen LogP contribution in [0.2, 0.25) is 0 Å². The Labute approximate surface area is 207 Å². The fourth-order valence-corrected chi connectivity index (χ4v) is 4.09. The van der Waals surface area contributed by atoms with Crippen LogP contribution < -0.4 is 15.5 Å². The van der Waals surface area contributed by atoms with Gasteiger partial charge < -0.3 is 20.6 Å². The molecule has 0 atom stereocenters. The van der Waals surface area contributed by atoms with Crippen LogP contribution in [0.25, 0.3) is 10.9 Å². The number of rotatable bonds is 8. The van der Waals surface area contributed by atoms with Crippen molar-refractivity contribution in [2.45, 2.75) is 13.3 Å². The van der Waals surface area contributed by atoms with Crippen molar-refractivity contribution in [2.75, 3.05) is 49.5 Å². The number of piperazine rings is 1. The number of hydrogen-bond donors (Lipinski definition) is 3. The van der Waals surface area contributed by atoms with Gasteiger partial charge in [0.15, 0.2) is 0 Å². The van der Waals surface area contributed by atoms with Crippen molar-refractivity contribution >= 4 is 40.2 Å². The topological polar surface area (TPSA) is 115 Å². The Bertz CT molecular complexity index is 1270. The summed E-state index contributed by atoms with van der Waals surface area (Å²) in [5.41, 5.74) is 1.26. The Morgan fingerprint density at radius 2 is 1.75 bits per heavy atom. The summed E-state index contributed by atoms with van der Waals surface area (Å²) in [7, 11) is 0. The zero-order chi connectivity index (χ0) is 25.7. The highest BCUT2D eigenvalue weighted by Crippen LogP contribution is 2.27. The molecule has 0 unspecified atom stereocenters. The van der Waals surface area contributed by atoms with Crippen LogP contribution in [0, 0.1) is 5.82 Å². The molecule has 0 spiro atoms. The molecular weight excluding hydrogens is 465 g/mol.